The maximum absolute atomic E-state index is 7.06. The van der Waals surface area contributed by atoms with Crippen molar-refractivity contribution >= 4 is 16.8 Å². The summed E-state index contributed by atoms with van der Waals surface area (Å²) in [4.78, 5) is 3.79. The van der Waals surface area contributed by atoms with E-state index < -0.39 is 0 Å². The van der Waals surface area contributed by atoms with Gasteiger partial charge in [-0.1, -0.05) is 11.6 Å². The van der Waals surface area contributed by atoms with Crippen molar-refractivity contribution in [2.24, 2.45) is 0 Å². The molecule has 0 bridgehead atoms. The van der Waals surface area contributed by atoms with Crippen molar-refractivity contribution in [2.45, 2.75) is 0 Å². The molecule has 0 aliphatic heterocycles. The van der Waals surface area contributed by atoms with E-state index in [2.05, 4.69) is 10.4 Å². The van der Waals surface area contributed by atoms with Crippen molar-refractivity contribution in [2.75, 3.05) is 12.5 Å². The van der Waals surface area contributed by atoms with E-state index in [1.54, 1.807) is 18.1 Å². The normalized spacial score (nSPS) is 9.40. The molecule has 0 aromatic carbocycles. The van der Waals surface area contributed by atoms with Gasteiger partial charge in [0, 0.05) is 7.05 Å². The average molecular weight is 159 g/mol. The van der Waals surface area contributed by atoms with Crippen LogP contribution in [0.25, 0.3) is 0 Å². The first-order chi connectivity index (χ1) is 4.75. The first kappa shape index (κ1) is 7.08. The summed E-state index contributed by atoms with van der Waals surface area (Å²) in [6, 6.07) is 0. The maximum atomic E-state index is 7.06. The summed E-state index contributed by atoms with van der Waals surface area (Å²) in [5, 5.41) is 7.04. The van der Waals surface area contributed by atoms with Gasteiger partial charge in [0.15, 0.2) is 0 Å². The van der Waals surface area contributed by atoms with Crippen molar-refractivity contribution < 1.29 is 0 Å². The Balaban J connectivity index is 3.01. The van der Waals surface area contributed by atoms with E-state index in [0.29, 0.717) is 5.69 Å². The molecule has 0 spiro atoms. The molecule has 10 heavy (non-hydrogen) atoms. The molecule has 5 heteroatoms. The fraction of sp³-hybridized carbons (Fsp3) is 0.200. The van der Waals surface area contributed by atoms with Gasteiger partial charge in [0.25, 0.3) is 0 Å². The quantitative estimate of drug-likeness (QED) is 0.620. The molecule has 0 saturated carbocycles. The standard InChI is InChI=1S/C5H7ClN4/c1-8-10-3-9-2-4(10)5(6)7/h2-3,7-8H,1H3. The number of aromatic nitrogens is 2. The number of hydrogen-bond acceptors (Lipinski definition) is 3. The minimum atomic E-state index is -0.0214. The van der Waals surface area contributed by atoms with Crippen molar-refractivity contribution in [1.82, 2.24) is 9.66 Å². The second-order valence-corrected chi connectivity index (χ2v) is 2.06. The van der Waals surface area contributed by atoms with Crippen molar-refractivity contribution in [3.8, 4) is 0 Å². The predicted molar refractivity (Wildman–Crippen MR) is 40.2 cm³/mol. The van der Waals surface area contributed by atoms with Gasteiger partial charge in [-0.15, -0.1) is 0 Å². The fourth-order valence-corrected chi connectivity index (χ4v) is 0.775. The zero-order valence-corrected chi connectivity index (χ0v) is 6.18. The summed E-state index contributed by atoms with van der Waals surface area (Å²) in [6.07, 6.45) is 3.07. The molecule has 54 valence electrons. The SMILES string of the molecule is CNn1cncc1C(=N)Cl. The Labute approximate surface area is 63.3 Å². The van der Waals surface area contributed by atoms with E-state index in [1.165, 1.54) is 6.20 Å². The van der Waals surface area contributed by atoms with Crippen LogP contribution in [0, 0.1) is 5.41 Å². The van der Waals surface area contributed by atoms with Crippen LogP contribution in [0.3, 0.4) is 0 Å². The van der Waals surface area contributed by atoms with E-state index >= 15 is 0 Å². The molecule has 0 fully saturated rings. The molecule has 0 aliphatic carbocycles. The van der Waals surface area contributed by atoms with Crippen LogP contribution in [0.5, 0.6) is 0 Å². The molecule has 1 heterocycles. The first-order valence-corrected chi connectivity index (χ1v) is 3.08. The molecule has 0 amide bonds. The minimum absolute atomic E-state index is 0.0214. The van der Waals surface area contributed by atoms with Crippen LogP contribution >= 0.6 is 11.6 Å². The van der Waals surface area contributed by atoms with Gasteiger partial charge in [-0.25, -0.2) is 9.66 Å². The molecule has 1 rings (SSSR count). The topological polar surface area (TPSA) is 53.7 Å². The number of nitrogens with zero attached hydrogens (tertiary/aromatic N) is 2. The Morgan fingerprint density at radius 1 is 1.90 bits per heavy atom. The summed E-state index contributed by atoms with van der Waals surface area (Å²) in [7, 11) is 1.73. The summed E-state index contributed by atoms with van der Waals surface area (Å²) in [6.45, 7) is 0. The minimum Gasteiger partial charge on any atom is -0.327 e. The molecular formula is C5H7ClN4. The highest BCUT2D eigenvalue weighted by Gasteiger charge is 2.02. The molecule has 0 aliphatic rings. The second kappa shape index (κ2) is 2.70. The van der Waals surface area contributed by atoms with Crippen molar-refractivity contribution in [3.05, 3.63) is 18.2 Å². The largest absolute Gasteiger partial charge is 0.327 e. The number of nitrogens with one attached hydrogen (secondary N) is 2. The van der Waals surface area contributed by atoms with Gasteiger partial charge in [-0.2, -0.15) is 0 Å². The Morgan fingerprint density at radius 2 is 2.60 bits per heavy atom. The lowest BCUT2D eigenvalue weighted by atomic mass is 10.5. The molecular weight excluding hydrogens is 152 g/mol. The van der Waals surface area contributed by atoms with E-state index in [0.717, 1.165) is 0 Å². The van der Waals surface area contributed by atoms with Crippen LogP contribution in [0.4, 0.5) is 0 Å². The first-order valence-electron chi connectivity index (χ1n) is 2.70. The van der Waals surface area contributed by atoms with Gasteiger partial charge in [-0.3, -0.25) is 5.41 Å². The lowest BCUT2D eigenvalue weighted by Crippen LogP contribution is -2.12. The van der Waals surface area contributed by atoms with Gasteiger partial charge in [0.2, 0.25) is 0 Å². The Kier molecular flexibility index (Phi) is 1.91. The van der Waals surface area contributed by atoms with Crippen LogP contribution < -0.4 is 5.43 Å². The number of halogens is 1. The summed E-state index contributed by atoms with van der Waals surface area (Å²) >= 11 is 5.41. The Hall–Kier alpha value is -1.03. The zero-order valence-electron chi connectivity index (χ0n) is 5.43. The van der Waals surface area contributed by atoms with Gasteiger partial charge in [-0.05, 0) is 0 Å². The molecule has 2 N–H and O–H groups in total. The molecule has 4 nitrogen and oxygen atoms in total. The molecule has 0 radical (unpaired) electrons. The monoisotopic (exact) mass is 158 g/mol. The smallest absolute Gasteiger partial charge is 0.148 e. The van der Waals surface area contributed by atoms with E-state index in [4.69, 9.17) is 17.0 Å². The van der Waals surface area contributed by atoms with Crippen LogP contribution in [-0.4, -0.2) is 21.9 Å². The third-order valence-electron chi connectivity index (χ3n) is 1.10. The molecule has 0 saturated heterocycles. The number of imidazole rings is 1. The van der Waals surface area contributed by atoms with Crippen molar-refractivity contribution in [3.63, 3.8) is 0 Å². The lowest BCUT2D eigenvalue weighted by molar-refractivity contribution is 0.914. The molecule has 0 atom stereocenters. The number of rotatable bonds is 2. The molecule has 1 aromatic heterocycles. The predicted octanol–water partition coefficient (Wildman–Crippen LogP) is 0.621. The lowest BCUT2D eigenvalue weighted by Gasteiger charge is -2.01. The Morgan fingerprint density at radius 3 is 3.00 bits per heavy atom. The van der Waals surface area contributed by atoms with Gasteiger partial charge < -0.3 is 5.43 Å². The third kappa shape index (κ3) is 1.11. The zero-order chi connectivity index (χ0) is 7.56. The van der Waals surface area contributed by atoms with Crippen LogP contribution in [-0.2, 0) is 0 Å². The fourth-order valence-electron chi connectivity index (χ4n) is 0.636. The average Bonchev–Trinajstić information content (AvgIpc) is 2.33. The Bertz CT molecular complexity index is 242. The van der Waals surface area contributed by atoms with E-state index in [-0.39, 0.29) is 5.17 Å². The summed E-state index contributed by atoms with van der Waals surface area (Å²) in [5.74, 6) is 0. The van der Waals surface area contributed by atoms with Crippen LogP contribution in [0.15, 0.2) is 12.5 Å². The van der Waals surface area contributed by atoms with E-state index in [9.17, 15) is 0 Å². The van der Waals surface area contributed by atoms with E-state index in [1.807, 2.05) is 0 Å². The highest BCUT2D eigenvalue weighted by Crippen LogP contribution is 1.99. The van der Waals surface area contributed by atoms with Crippen LogP contribution in [0.1, 0.15) is 5.69 Å². The third-order valence-corrected chi connectivity index (χ3v) is 1.30. The molecule has 1 aromatic rings. The van der Waals surface area contributed by atoms with Crippen molar-refractivity contribution in [1.29, 1.82) is 5.41 Å². The van der Waals surface area contributed by atoms with Gasteiger partial charge in [0.1, 0.15) is 17.2 Å². The maximum Gasteiger partial charge on any atom is 0.148 e. The van der Waals surface area contributed by atoms with Gasteiger partial charge in [0.05, 0.1) is 6.20 Å². The summed E-state index contributed by atoms with van der Waals surface area (Å²) < 4.78 is 1.56. The highest BCUT2D eigenvalue weighted by atomic mass is 35.5. The highest BCUT2D eigenvalue weighted by molar-refractivity contribution is 6.68. The number of hydrogen-bond donors (Lipinski definition) is 2. The molecule has 0 unspecified atom stereocenters. The van der Waals surface area contributed by atoms with Crippen LogP contribution in [0.2, 0.25) is 0 Å². The summed E-state index contributed by atoms with van der Waals surface area (Å²) in [5.41, 5.74) is 3.35. The van der Waals surface area contributed by atoms with Gasteiger partial charge >= 0.3 is 0 Å². The second-order valence-electron chi connectivity index (χ2n) is 1.69.